The van der Waals surface area contributed by atoms with E-state index < -0.39 is 0 Å². The molecule has 1 aromatic heterocycles. The molecule has 0 saturated carbocycles. The summed E-state index contributed by atoms with van der Waals surface area (Å²) < 4.78 is 4.77. The maximum Gasteiger partial charge on any atom is 0.310 e. The predicted molar refractivity (Wildman–Crippen MR) is 97.8 cm³/mol. The number of nitrogens with zero attached hydrogens (tertiary/aromatic N) is 1. The van der Waals surface area contributed by atoms with Gasteiger partial charge in [-0.25, -0.2) is 0 Å². The van der Waals surface area contributed by atoms with Crippen LogP contribution < -0.4 is 0 Å². The number of carbonyl (C=O) groups is 2. The van der Waals surface area contributed by atoms with Crippen molar-refractivity contribution in [3.05, 3.63) is 39.7 Å². The second-order valence-corrected chi connectivity index (χ2v) is 5.69. The quantitative estimate of drug-likeness (QED) is 0.618. The first-order chi connectivity index (χ1) is 11.3. The average Bonchev–Trinajstić information content (AvgIpc) is 2.58. The lowest BCUT2D eigenvalue weighted by Crippen LogP contribution is -2.10. The summed E-state index contributed by atoms with van der Waals surface area (Å²) in [5.74, 6) is -0.380. The Morgan fingerprint density at radius 1 is 0.958 bits per heavy atom. The van der Waals surface area contributed by atoms with Gasteiger partial charge in [0, 0.05) is 18.5 Å². The molecule has 0 unspecified atom stereocenters. The number of rotatable bonds is 3. The lowest BCUT2D eigenvalue weighted by atomic mass is 9.88. The number of pyridine rings is 1. The number of benzene rings is 1. The Labute approximate surface area is 144 Å². The number of hydrogen-bond donors (Lipinski definition) is 0. The third-order valence-electron chi connectivity index (χ3n) is 4.49. The highest BCUT2D eigenvalue weighted by molar-refractivity contribution is 6.09. The lowest BCUT2D eigenvalue weighted by Gasteiger charge is -2.18. The van der Waals surface area contributed by atoms with Crippen LogP contribution in [-0.4, -0.2) is 23.8 Å². The average molecular weight is 329 g/mol. The zero-order valence-corrected chi connectivity index (χ0v) is 16.0. The van der Waals surface area contributed by atoms with Crippen molar-refractivity contribution in [1.29, 1.82) is 0 Å². The van der Waals surface area contributed by atoms with Gasteiger partial charge < -0.3 is 4.74 Å². The van der Waals surface area contributed by atoms with E-state index in [9.17, 15) is 9.59 Å². The van der Waals surface area contributed by atoms with Crippen molar-refractivity contribution < 1.29 is 14.3 Å². The van der Waals surface area contributed by atoms with Crippen molar-refractivity contribution in [2.75, 3.05) is 7.11 Å². The monoisotopic (exact) mass is 329 g/mol. The normalized spacial score (nSPS) is 10.2. The van der Waals surface area contributed by atoms with E-state index in [0.717, 1.165) is 33.0 Å². The van der Waals surface area contributed by atoms with E-state index in [4.69, 9.17) is 4.74 Å². The molecule has 130 valence electrons. The molecule has 0 atom stereocenters. The molecule has 1 aromatic carbocycles. The van der Waals surface area contributed by atoms with Crippen molar-refractivity contribution in [3.63, 3.8) is 0 Å². The summed E-state index contributed by atoms with van der Waals surface area (Å²) in [5, 5.41) is 1.81. The molecule has 0 spiro atoms. The third kappa shape index (κ3) is 3.48. The Balaban J connectivity index is 0.00000139. The Kier molecular flexibility index (Phi) is 6.64. The molecule has 2 aromatic rings. The number of hydrogen-bond acceptors (Lipinski definition) is 4. The number of aromatic nitrogens is 1. The van der Waals surface area contributed by atoms with E-state index >= 15 is 0 Å². The van der Waals surface area contributed by atoms with Crippen molar-refractivity contribution in [3.8, 4) is 0 Å². The van der Waals surface area contributed by atoms with Gasteiger partial charge in [0.25, 0.3) is 0 Å². The van der Waals surface area contributed by atoms with E-state index in [1.807, 2.05) is 34.6 Å². The molecule has 0 aliphatic carbocycles. The fourth-order valence-corrected chi connectivity index (χ4v) is 2.91. The molecule has 0 aliphatic heterocycles. The van der Waals surface area contributed by atoms with Crippen molar-refractivity contribution in [2.24, 2.45) is 0 Å². The highest BCUT2D eigenvalue weighted by atomic mass is 16.5. The van der Waals surface area contributed by atoms with Gasteiger partial charge >= 0.3 is 5.97 Å². The number of Topliss-reactive ketones (excluding diaryl/α,β-unsaturated/α-hetero) is 1. The van der Waals surface area contributed by atoms with Gasteiger partial charge in [0.1, 0.15) is 5.69 Å². The maximum absolute atomic E-state index is 12.0. The van der Waals surface area contributed by atoms with Gasteiger partial charge in [-0.3, -0.25) is 14.6 Å². The number of ether oxygens (including phenoxy) is 1. The zero-order chi connectivity index (χ0) is 18.6. The van der Waals surface area contributed by atoms with Crippen molar-refractivity contribution >= 4 is 22.5 Å². The van der Waals surface area contributed by atoms with Crippen LogP contribution in [0.4, 0.5) is 0 Å². The van der Waals surface area contributed by atoms with Gasteiger partial charge in [-0.1, -0.05) is 13.8 Å². The molecule has 24 heavy (non-hydrogen) atoms. The Bertz CT molecular complexity index is 792. The lowest BCUT2D eigenvalue weighted by molar-refractivity contribution is -0.139. The van der Waals surface area contributed by atoms with Crippen LogP contribution in [0.5, 0.6) is 0 Å². The van der Waals surface area contributed by atoms with Crippen LogP contribution in [0.15, 0.2) is 6.20 Å². The van der Waals surface area contributed by atoms with Crippen LogP contribution in [0.25, 0.3) is 10.8 Å². The summed E-state index contributed by atoms with van der Waals surface area (Å²) in [7, 11) is 1.37. The summed E-state index contributed by atoms with van der Waals surface area (Å²) in [4.78, 5) is 27.9. The van der Waals surface area contributed by atoms with E-state index in [-0.39, 0.29) is 18.2 Å². The molecule has 0 bridgehead atoms. The predicted octanol–water partition coefficient (Wildman–Crippen LogP) is 4.41. The van der Waals surface area contributed by atoms with Crippen LogP contribution in [0.3, 0.4) is 0 Å². The number of esters is 1. The molecular formula is C20H27NO3. The molecule has 0 amide bonds. The summed E-state index contributed by atoms with van der Waals surface area (Å²) in [6.45, 7) is 13.7. The zero-order valence-electron chi connectivity index (χ0n) is 16.0. The highest BCUT2D eigenvalue weighted by Gasteiger charge is 2.19. The SMILES string of the molecule is CC.COC(=O)Cc1cnc(C(C)=O)c2c(C)c(C)c(C)c(C)c12. The topological polar surface area (TPSA) is 56.3 Å². The second-order valence-electron chi connectivity index (χ2n) is 5.69. The molecule has 0 fully saturated rings. The third-order valence-corrected chi connectivity index (χ3v) is 4.49. The Morgan fingerprint density at radius 2 is 1.46 bits per heavy atom. The first-order valence-corrected chi connectivity index (χ1v) is 8.25. The van der Waals surface area contributed by atoms with Crippen LogP contribution in [0.2, 0.25) is 0 Å². The van der Waals surface area contributed by atoms with Crippen LogP contribution in [0.1, 0.15) is 59.1 Å². The van der Waals surface area contributed by atoms with E-state index in [0.29, 0.717) is 5.69 Å². The smallest absolute Gasteiger partial charge is 0.310 e. The molecule has 2 rings (SSSR count). The van der Waals surface area contributed by atoms with Crippen molar-refractivity contribution in [2.45, 2.75) is 54.9 Å². The number of aryl methyl sites for hydroxylation is 2. The highest BCUT2D eigenvalue weighted by Crippen LogP contribution is 2.33. The minimum absolute atomic E-state index is 0.0691. The fourth-order valence-electron chi connectivity index (χ4n) is 2.91. The molecule has 0 radical (unpaired) electrons. The summed E-state index contributed by atoms with van der Waals surface area (Å²) in [5.41, 5.74) is 5.73. The minimum atomic E-state index is -0.311. The molecule has 4 nitrogen and oxygen atoms in total. The summed E-state index contributed by atoms with van der Waals surface area (Å²) in [6, 6.07) is 0. The Morgan fingerprint density at radius 3 is 1.92 bits per heavy atom. The van der Waals surface area contributed by atoms with Gasteiger partial charge in [0.15, 0.2) is 5.78 Å². The first-order valence-electron chi connectivity index (χ1n) is 8.25. The number of methoxy groups -OCH3 is 1. The molecule has 4 heteroatoms. The van der Waals surface area contributed by atoms with E-state index in [1.54, 1.807) is 6.20 Å². The maximum atomic E-state index is 12.0. The number of fused-ring (bicyclic) bond motifs is 1. The molecular weight excluding hydrogens is 302 g/mol. The van der Waals surface area contributed by atoms with Gasteiger partial charge in [0.2, 0.25) is 0 Å². The van der Waals surface area contributed by atoms with Gasteiger partial charge in [0.05, 0.1) is 13.5 Å². The summed E-state index contributed by atoms with van der Waals surface area (Å²) in [6.07, 6.45) is 1.78. The Hall–Kier alpha value is -2.23. The second kappa shape index (κ2) is 8.04. The van der Waals surface area contributed by atoms with Gasteiger partial charge in [-0.05, 0) is 60.9 Å². The largest absolute Gasteiger partial charge is 0.469 e. The van der Waals surface area contributed by atoms with E-state index in [2.05, 4.69) is 11.9 Å². The number of ketones is 1. The molecule has 0 aliphatic rings. The van der Waals surface area contributed by atoms with Crippen LogP contribution in [0, 0.1) is 27.7 Å². The first kappa shape index (κ1) is 19.8. The molecule has 0 saturated heterocycles. The fraction of sp³-hybridized carbons (Fsp3) is 0.450. The van der Waals surface area contributed by atoms with E-state index in [1.165, 1.54) is 19.6 Å². The van der Waals surface area contributed by atoms with Gasteiger partial charge in [-0.15, -0.1) is 0 Å². The van der Waals surface area contributed by atoms with Gasteiger partial charge in [-0.2, -0.15) is 0 Å². The van der Waals surface area contributed by atoms with Crippen LogP contribution >= 0.6 is 0 Å². The molecule has 1 heterocycles. The van der Waals surface area contributed by atoms with Crippen molar-refractivity contribution in [1.82, 2.24) is 4.98 Å². The minimum Gasteiger partial charge on any atom is -0.469 e. The summed E-state index contributed by atoms with van der Waals surface area (Å²) >= 11 is 0. The molecule has 0 N–H and O–H groups in total. The standard InChI is InChI=1S/C18H21NO3.C2H6/c1-9-10(2)12(4)17-16(11(9)3)14(7-15(21)22-6)8-19-18(17)13(5)20;1-2/h8H,7H2,1-6H3;1-2H3. The number of carbonyl (C=O) groups excluding carboxylic acids is 2. The van der Waals surface area contributed by atoms with Crippen LogP contribution in [-0.2, 0) is 16.0 Å².